The molecule has 7 heteroatoms. The van der Waals surface area contributed by atoms with E-state index in [0.717, 1.165) is 18.6 Å². The number of hydrogen-bond donors (Lipinski definition) is 0. The van der Waals surface area contributed by atoms with Crippen LogP contribution in [0.3, 0.4) is 0 Å². The summed E-state index contributed by atoms with van der Waals surface area (Å²) in [6.45, 7) is 7.38. The van der Waals surface area contributed by atoms with Gasteiger partial charge in [-0.05, 0) is 48.9 Å². The zero-order valence-electron chi connectivity index (χ0n) is 15.9. The van der Waals surface area contributed by atoms with Crippen molar-refractivity contribution >= 4 is 11.9 Å². The number of amides is 1. The molecule has 0 N–H and O–H groups in total. The molecule has 1 saturated heterocycles. The first kappa shape index (κ1) is 21.3. The molecule has 1 aliphatic heterocycles. The SMILES string of the molecule is CC(C)(C)CCOC(=O)C1CCN(C(=O)c2ccc(C(F)(F)F)cc2)CC1. The molecule has 0 aromatic heterocycles. The highest BCUT2D eigenvalue weighted by Crippen LogP contribution is 2.29. The molecule has 1 aromatic carbocycles. The molecule has 0 radical (unpaired) electrons. The molecule has 0 aliphatic carbocycles. The molecule has 2 rings (SSSR count). The van der Waals surface area contributed by atoms with E-state index in [1.165, 1.54) is 12.1 Å². The molecule has 1 aromatic rings. The summed E-state index contributed by atoms with van der Waals surface area (Å²) >= 11 is 0. The lowest BCUT2D eigenvalue weighted by Crippen LogP contribution is -2.40. The van der Waals surface area contributed by atoms with Crippen molar-refractivity contribution in [1.82, 2.24) is 4.90 Å². The molecular weight excluding hydrogens is 359 g/mol. The largest absolute Gasteiger partial charge is 0.465 e. The molecule has 4 nitrogen and oxygen atoms in total. The van der Waals surface area contributed by atoms with E-state index in [4.69, 9.17) is 4.74 Å². The van der Waals surface area contributed by atoms with E-state index in [1.54, 1.807) is 4.90 Å². The predicted octanol–water partition coefficient (Wildman–Crippen LogP) is 4.54. The van der Waals surface area contributed by atoms with Gasteiger partial charge < -0.3 is 9.64 Å². The van der Waals surface area contributed by atoms with Crippen LogP contribution in [0.5, 0.6) is 0 Å². The number of hydrogen-bond acceptors (Lipinski definition) is 3. The lowest BCUT2D eigenvalue weighted by atomic mass is 9.93. The van der Waals surface area contributed by atoms with Gasteiger partial charge in [-0.2, -0.15) is 13.2 Å². The van der Waals surface area contributed by atoms with E-state index in [0.29, 0.717) is 32.5 Å². The fourth-order valence-electron chi connectivity index (χ4n) is 2.88. The van der Waals surface area contributed by atoms with Gasteiger partial charge >= 0.3 is 12.1 Å². The Morgan fingerprint density at radius 3 is 2.11 bits per heavy atom. The Balaban J connectivity index is 1.84. The summed E-state index contributed by atoms with van der Waals surface area (Å²) in [5.74, 6) is -0.786. The van der Waals surface area contributed by atoms with Crippen molar-refractivity contribution in [2.45, 2.75) is 46.2 Å². The Bertz CT molecular complexity index is 655. The maximum absolute atomic E-state index is 12.6. The number of piperidine rings is 1. The summed E-state index contributed by atoms with van der Waals surface area (Å²) in [6.07, 6.45) is -2.64. The lowest BCUT2D eigenvalue weighted by Gasteiger charge is -2.31. The minimum atomic E-state index is -4.42. The predicted molar refractivity (Wildman–Crippen MR) is 95.1 cm³/mol. The van der Waals surface area contributed by atoms with Gasteiger partial charge in [0.1, 0.15) is 0 Å². The van der Waals surface area contributed by atoms with Crippen molar-refractivity contribution in [2.75, 3.05) is 19.7 Å². The monoisotopic (exact) mass is 385 g/mol. The second-order valence-corrected chi connectivity index (χ2v) is 8.12. The van der Waals surface area contributed by atoms with E-state index in [-0.39, 0.29) is 28.8 Å². The minimum Gasteiger partial charge on any atom is -0.465 e. The number of esters is 1. The van der Waals surface area contributed by atoms with E-state index in [2.05, 4.69) is 20.8 Å². The van der Waals surface area contributed by atoms with Crippen molar-refractivity contribution in [1.29, 1.82) is 0 Å². The van der Waals surface area contributed by atoms with Crippen molar-refractivity contribution in [3.05, 3.63) is 35.4 Å². The topological polar surface area (TPSA) is 46.6 Å². The van der Waals surface area contributed by atoms with Crippen LogP contribution in [0.25, 0.3) is 0 Å². The van der Waals surface area contributed by atoms with Crippen LogP contribution in [-0.2, 0) is 15.7 Å². The average molecular weight is 385 g/mol. The third-order valence-electron chi connectivity index (χ3n) is 4.67. The van der Waals surface area contributed by atoms with Crippen molar-refractivity contribution in [3.8, 4) is 0 Å². The molecule has 1 heterocycles. The van der Waals surface area contributed by atoms with E-state index in [1.807, 2.05) is 0 Å². The molecule has 0 bridgehead atoms. The quantitative estimate of drug-likeness (QED) is 0.715. The molecule has 0 saturated carbocycles. The molecular formula is C20H26F3NO3. The Morgan fingerprint density at radius 1 is 1.07 bits per heavy atom. The van der Waals surface area contributed by atoms with Crippen LogP contribution in [-0.4, -0.2) is 36.5 Å². The number of ether oxygens (including phenoxy) is 1. The Kier molecular flexibility index (Phi) is 6.54. The first-order valence-electron chi connectivity index (χ1n) is 9.10. The summed E-state index contributed by atoms with van der Waals surface area (Å²) in [4.78, 5) is 26.1. The van der Waals surface area contributed by atoms with Crippen molar-refractivity contribution in [3.63, 3.8) is 0 Å². The number of carbonyl (C=O) groups excluding carboxylic acids is 2. The fourth-order valence-corrected chi connectivity index (χ4v) is 2.88. The summed E-state index contributed by atoms with van der Waals surface area (Å²) in [5, 5.41) is 0. The van der Waals surface area contributed by atoms with Gasteiger partial charge in [0.25, 0.3) is 5.91 Å². The Labute approximate surface area is 157 Å². The molecule has 27 heavy (non-hydrogen) atoms. The number of likely N-dealkylation sites (tertiary alicyclic amines) is 1. The minimum absolute atomic E-state index is 0.0950. The van der Waals surface area contributed by atoms with Crippen LogP contribution in [0.15, 0.2) is 24.3 Å². The van der Waals surface area contributed by atoms with E-state index >= 15 is 0 Å². The second kappa shape index (κ2) is 8.31. The van der Waals surface area contributed by atoms with Crippen LogP contribution in [0.2, 0.25) is 0 Å². The van der Waals surface area contributed by atoms with Crippen LogP contribution >= 0.6 is 0 Å². The van der Waals surface area contributed by atoms with Gasteiger partial charge in [0.05, 0.1) is 18.1 Å². The molecule has 0 atom stereocenters. The van der Waals surface area contributed by atoms with Gasteiger partial charge in [-0.3, -0.25) is 9.59 Å². The summed E-state index contributed by atoms with van der Waals surface area (Å²) in [7, 11) is 0. The maximum Gasteiger partial charge on any atom is 0.416 e. The zero-order valence-corrected chi connectivity index (χ0v) is 15.9. The first-order valence-corrected chi connectivity index (χ1v) is 9.10. The van der Waals surface area contributed by atoms with Gasteiger partial charge in [-0.1, -0.05) is 20.8 Å². The molecule has 150 valence electrons. The highest BCUT2D eigenvalue weighted by atomic mass is 19.4. The number of alkyl halides is 3. The standard InChI is InChI=1S/C20H26F3NO3/c1-19(2,3)10-13-27-18(26)15-8-11-24(12-9-15)17(25)14-4-6-16(7-5-14)20(21,22)23/h4-7,15H,8-13H2,1-3H3. The molecule has 1 amide bonds. The van der Waals surface area contributed by atoms with Crippen molar-refractivity contribution < 1.29 is 27.5 Å². The van der Waals surface area contributed by atoms with Gasteiger partial charge in [-0.25, -0.2) is 0 Å². The first-order chi connectivity index (χ1) is 12.5. The van der Waals surface area contributed by atoms with Gasteiger partial charge in [0.2, 0.25) is 0 Å². The summed E-state index contributed by atoms with van der Waals surface area (Å²) < 4.78 is 43.2. The number of carbonyl (C=O) groups is 2. The Hall–Kier alpha value is -2.05. The third kappa shape index (κ3) is 6.26. The number of nitrogens with zero attached hydrogens (tertiary/aromatic N) is 1. The number of halogens is 3. The molecule has 0 unspecified atom stereocenters. The summed E-state index contributed by atoms with van der Waals surface area (Å²) in [6, 6.07) is 4.20. The second-order valence-electron chi connectivity index (χ2n) is 8.12. The molecule has 1 aliphatic rings. The van der Waals surface area contributed by atoms with E-state index < -0.39 is 11.7 Å². The van der Waals surface area contributed by atoms with Gasteiger partial charge in [0.15, 0.2) is 0 Å². The fraction of sp³-hybridized carbons (Fsp3) is 0.600. The maximum atomic E-state index is 12.6. The average Bonchev–Trinajstić information content (AvgIpc) is 2.59. The van der Waals surface area contributed by atoms with Crippen LogP contribution in [0.4, 0.5) is 13.2 Å². The van der Waals surface area contributed by atoms with E-state index in [9.17, 15) is 22.8 Å². The zero-order chi connectivity index (χ0) is 20.2. The summed E-state index contributed by atoms with van der Waals surface area (Å²) in [5.41, 5.74) is -0.470. The van der Waals surface area contributed by atoms with Crippen LogP contribution in [0, 0.1) is 11.3 Å². The van der Waals surface area contributed by atoms with Gasteiger partial charge in [-0.15, -0.1) is 0 Å². The van der Waals surface area contributed by atoms with Crippen molar-refractivity contribution in [2.24, 2.45) is 11.3 Å². The normalized spacial score (nSPS) is 16.3. The third-order valence-corrected chi connectivity index (χ3v) is 4.67. The molecule has 0 spiro atoms. The smallest absolute Gasteiger partial charge is 0.416 e. The number of rotatable bonds is 4. The van der Waals surface area contributed by atoms with Crippen LogP contribution < -0.4 is 0 Å². The molecule has 1 fully saturated rings. The lowest BCUT2D eigenvalue weighted by molar-refractivity contribution is -0.150. The number of benzene rings is 1. The Morgan fingerprint density at radius 2 is 1.63 bits per heavy atom. The highest BCUT2D eigenvalue weighted by Gasteiger charge is 2.32. The van der Waals surface area contributed by atoms with Crippen LogP contribution in [0.1, 0.15) is 56.0 Å². The van der Waals surface area contributed by atoms with Gasteiger partial charge in [0, 0.05) is 18.7 Å². The highest BCUT2D eigenvalue weighted by molar-refractivity contribution is 5.94.